The maximum absolute atomic E-state index is 12.4. The zero-order valence-corrected chi connectivity index (χ0v) is 15.8. The van der Waals surface area contributed by atoms with E-state index in [1.165, 1.54) is 32.4 Å². The van der Waals surface area contributed by atoms with Crippen LogP contribution in [0.4, 0.5) is 5.69 Å². The molecule has 0 saturated carbocycles. The van der Waals surface area contributed by atoms with E-state index in [2.05, 4.69) is 21.2 Å². The maximum Gasteiger partial charge on any atom is 0.264 e. The van der Waals surface area contributed by atoms with Crippen molar-refractivity contribution in [1.82, 2.24) is 4.47 Å². The molecular weight excluding hydrogens is 396 g/mol. The number of hydrogen-bond donors (Lipinski definition) is 1. The van der Waals surface area contributed by atoms with Crippen LogP contribution in [0.1, 0.15) is 15.9 Å². The lowest BCUT2D eigenvalue weighted by molar-refractivity contribution is -0.0258. The van der Waals surface area contributed by atoms with Crippen molar-refractivity contribution in [2.45, 2.75) is 11.8 Å². The first kappa shape index (κ1) is 18.6. The summed E-state index contributed by atoms with van der Waals surface area (Å²) >= 11 is 3.39. The van der Waals surface area contributed by atoms with Gasteiger partial charge in [0.1, 0.15) is 0 Å². The lowest BCUT2D eigenvalue weighted by Crippen LogP contribution is -2.26. The van der Waals surface area contributed by atoms with Crippen molar-refractivity contribution < 1.29 is 18.0 Å². The van der Waals surface area contributed by atoms with Crippen molar-refractivity contribution in [3.8, 4) is 0 Å². The van der Waals surface area contributed by atoms with Gasteiger partial charge in [0, 0.05) is 17.1 Å². The number of anilines is 1. The standard InChI is InChI=1S/C16H17BrN2O4S/c1-11-7-8-15(14(17)9-11)18-16(20)12-5-4-6-13(10-12)24(21,22)19(2)23-3/h4-10H,1-3H3,(H,18,20). The quantitative estimate of drug-likeness (QED) is 0.764. The molecule has 6 nitrogen and oxygen atoms in total. The Kier molecular flexibility index (Phi) is 5.76. The van der Waals surface area contributed by atoms with Crippen molar-refractivity contribution in [2.75, 3.05) is 19.5 Å². The lowest BCUT2D eigenvalue weighted by Gasteiger charge is -2.14. The number of hydroxylamine groups is 1. The molecule has 0 aliphatic heterocycles. The van der Waals surface area contributed by atoms with Gasteiger partial charge in [0.15, 0.2) is 0 Å². The molecule has 0 aliphatic rings. The Bertz CT molecular complexity index is 868. The Balaban J connectivity index is 2.30. The lowest BCUT2D eigenvalue weighted by atomic mass is 10.2. The monoisotopic (exact) mass is 412 g/mol. The largest absolute Gasteiger partial charge is 0.321 e. The van der Waals surface area contributed by atoms with E-state index in [9.17, 15) is 13.2 Å². The highest BCUT2D eigenvalue weighted by molar-refractivity contribution is 9.10. The summed E-state index contributed by atoms with van der Waals surface area (Å²) in [4.78, 5) is 17.1. The first-order chi connectivity index (χ1) is 11.3. The molecule has 2 rings (SSSR count). The van der Waals surface area contributed by atoms with Crippen LogP contribution in [0, 0.1) is 6.92 Å². The summed E-state index contributed by atoms with van der Waals surface area (Å²) in [6.45, 7) is 1.94. The number of carbonyl (C=O) groups is 1. The summed E-state index contributed by atoms with van der Waals surface area (Å²) < 4.78 is 26.0. The van der Waals surface area contributed by atoms with Crippen molar-refractivity contribution in [3.05, 3.63) is 58.1 Å². The predicted octanol–water partition coefficient (Wildman–Crippen LogP) is 3.19. The normalized spacial score (nSPS) is 11.5. The van der Waals surface area contributed by atoms with Crippen molar-refractivity contribution >= 4 is 37.5 Å². The summed E-state index contributed by atoms with van der Waals surface area (Å²) in [6.07, 6.45) is 0. The summed E-state index contributed by atoms with van der Waals surface area (Å²) in [5.74, 6) is -0.406. The van der Waals surface area contributed by atoms with E-state index in [4.69, 9.17) is 4.84 Å². The molecule has 0 spiro atoms. The molecule has 0 atom stereocenters. The molecule has 128 valence electrons. The van der Waals surface area contributed by atoms with Crippen LogP contribution < -0.4 is 5.32 Å². The number of aryl methyl sites for hydroxylation is 1. The highest BCUT2D eigenvalue weighted by Gasteiger charge is 2.22. The molecule has 1 amide bonds. The fourth-order valence-corrected chi connectivity index (χ4v) is 3.57. The van der Waals surface area contributed by atoms with Crippen LogP contribution in [-0.4, -0.2) is 33.0 Å². The van der Waals surface area contributed by atoms with Crippen LogP contribution >= 0.6 is 15.9 Å². The van der Waals surface area contributed by atoms with E-state index in [1.54, 1.807) is 12.1 Å². The molecule has 0 heterocycles. The van der Waals surface area contributed by atoms with Crippen LogP contribution in [0.5, 0.6) is 0 Å². The van der Waals surface area contributed by atoms with Crippen LogP contribution in [0.2, 0.25) is 0 Å². The zero-order valence-electron chi connectivity index (χ0n) is 13.4. The first-order valence-electron chi connectivity index (χ1n) is 6.96. The second kappa shape index (κ2) is 7.43. The average Bonchev–Trinajstić information content (AvgIpc) is 2.56. The molecule has 0 unspecified atom stereocenters. The number of nitrogens with one attached hydrogen (secondary N) is 1. The van der Waals surface area contributed by atoms with Crippen LogP contribution in [0.3, 0.4) is 0 Å². The third-order valence-electron chi connectivity index (χ3n) is 3.36. The minimum Gasteiger partial charge on any atom is -0.321 e. The number of sulfonamides is 1. The number of halogens is 1. The molecule has 0 fully saturated rings. The maximum atomic E-state index is 12.4. The summed E-state index contributed by atoms with van der Waals surface area (Å²) in [7, 11) is -1.27. The van der Waals surface area contributed by atoms with Crippen LogP contribution in [-0.2, 0) is 14.9 Å². The summed E-state index contributed by atoms with van der Waals surface area (Å²) in [5, 5.41) is 2.75. The molecule has 0 radical (unpaired) electrons. The Morgan fingerprint density at radius 1 is 1.21 bits per heavy atom. The summed E-state index contributed by atoms with van der Waals surface area (Å²) in [6, 6.07) is 11.3. The number of rotatable bonds is 5. The van der Waals surface area contributed by atoms with Crippen LogP contribution in [0.15, 0.2) is 51.8 Å². The smallest absolute Gasteiger partial charge is 0.264 e. The predicted molar refractivity (Wildman–Crippen MR) is 95.2 cm³/mol. The van der Waals surface area contributed by atoms with E-state index in [-0.39, 0.29) is 10.5 Å². The van der Waals surface area contributed by atoms with Crippen LogP contribution in [0.25, 0.3) is 0 Å². The molecule has 2 aromatic carbocycles. The molecule has 8 heteroatoms. The Morgan fingerprint density at radius 3 is 2.54 bits per heavy atom. The summed E-state index contributed by atoms with van der Waals surface area (Å²) in [5.41, 5.74) is 1.89. The Labute approximate surface area is 149 Å². The van der Waals surface area contributed by atoms with Gasteiger partial charge in [0.05, 0.1) is 17.7 Å². The average molecular weight is 413 g/mol. The van der Waals surface area contributed by atoms with Gasteiger partial charge in [-0.3, -0.25) is 9.63 Å². The van der Waals surface area contributed by atoms with Gasteiger partial charge in [-0.15, -0.1) is 0 Å². The number of hydrogen-bond acceptors (Lipinski definition) is 4. The molecular formula is C16H17BrN2O4S. The minimum absolute atomic E-state index is 0.0255. The number of nitrogens with zero attached hydrogens (tertiary/aromatic N) is 1. The van der Waals surface area contributed by atoms with E-state index in [0.717, 1.165) is 14.5 Å². The fraction of sp³-hybridized carbons (Fsp3) is 0.188. The second-order valence-corrected chi connectivity index (χ2v) is 7.85. The van der Waals surface area contributed by atoms with Gasteiger partial charge in [-0.05, 0) is 58.7 Å². The number of benzene rings is 2. The highest BCUT2D eigenvalue weighted by Crippen LogP contribution is 2.24. The third kappa shape index (κ3) is 4.02. The van der Waals surface area contributed by atoms with Crippen molar-refractivity contribution in [2.24, 2.45) is 0 Å². The topological polar surface area (TPSA) is 75.7 Å². The third-order valence-corrected chi connectivity index (χ3v) is 5.69. The fourth-order valence-electron chi connectivity index (χ4n) is 1.96. The Hall–Kier alpha value is -1.74. The molecule has 0 saturated heterocycles. The van der Waals surface area contributed by atoms with Crippen molar-refractivity contribution in [1.29, 1.82) is 0 Å². The molecule has 24 heavy (non-hydrogen) atoms. The van der Waals surface area contributed by atoms with E-state index in [1.807, 2.05) is 19.1 Å². The SMILES string of the molecule is CON(C)S(=O)(=O)c1cccc(C(=O)Nc2ccc(C)cc2Br)c1. The van der Waals surface area contributed by atoms with Crippen molar-refractivity contribution in [3.63, 3.8) is 0 Å². The molecule has 0 bridgehead atoms. The van der Waals surface area contributed by atoms with Gasteiger partial charge in [-0.1, -0.05) is 16.6 Å². The highest BCUT2D eigenvalue weighted by atomic mass is 79.9. The number of carbonyl (C=O) groups excluding carboxylic acids is 1. The molecule has 1 N–H and O–H groups in total. The van der Waals surface area contributed by atoms with Gasteiger partial charge in [-0.25, -0.2) is 8.42 Å². The van der Waals surface area contributed by atoms with Gasteiger partial charge in [-0.2, -0.15) is 0 Å². The second-order valence-electron chi connectivity index (χ2n) is 5.06. The minimum atomic E-state index is -3.81. The van der Waals surface area contributed by atoms with Gasteiger partial charge in [0.2, 0.25) is 0 Å². The Morgan fingerprint density at radius 2 is 1.92 bits per heavy atom. The zero-order chi connectivity index (χ0) is 17.9. The van der Waals surface area contributed by atoms with E-state index < -0.39 is 15.9 Å². The first-order valence-corrected chi connectivity index (χ1v) is 9.19. The van der Waals surface area contributed by atoms with E-state index >= 15 is 0 Å². The van der Waals surface area contributed by atoms with E-state index in [0.29, 0.717) is 5.69 Å². The van der Waals surface area contributed by atoms with Gasteiger partial charge >= 0.3 is 0 Å². The van der Waals surface area contributed by atoms with Gasteiger partial charge in [0.25, 0.3) is 15.9 Å². The molecule has 0 aromatic heterocycles. The molecule has 2 aromatic rings. The van der Waals surface area contributed by atoms with Gasteiger partial charge < -0.3 is 5.32 Å². The number of amides is 1. The molecule has 0 aliphatic carbocycles.